The summed E-state index contributed by atoms with van der Waals surface area (Å²) < 4.78 is 11.5. The fraction of sp³-hybridized carbons (Fsp3) is 0.250. The second-order valence-corrected chi connectivity index (χ2v) is 4.42. The maximum absolute atomic E-state index is 12.0. The molecular weight excluding hydrogens is 270 g/mol. The predicted molar refractivity (Wildman–Crippen MR) is 79.1 cm³/mol. The zero-order chi connectivity index (χ0) is 15.4. The van der Waals surface area contributed by atoms with E-state index in [1.165, 1.54) is 13.2 Å². The third-order valence-corrected chi connectivity index (χ3v) is 3.19. The van der Waals surface area contributed by atoms with Crippen molar-refractivity contribution in [2.45, 2.75) is 13.8 Å². The van der Waals surface area contributed by atoms with Gasteiger partial charge in [-0.3, -0.25) is 0 Å². The number of carbonyl (C=O) groups is 2. The number of carbonyl (C=O) groups excluding carboxylic acids is 2. The molecule has 0 saturated heterocycles. The van der Waals surface area contributed by atoms with Crippen molar-refractivity contribution in [2.75, 3.05) is 13.7 Å². The molecule has 0 atom stereocenters. The number of aromatic nitrogens is 1. The van der Waals surface area contributed by atoms with Crippen LogP contribution in [0.3, 0.4) is 0 Å². The molecule has 2 heterocycles. The Kier molecular flexibility index (Phi) is 4.42. The third-order valence-electron chi connectivity index (χ3n) is 3.19. The smallest absolute Gasteiger partial charge is 0.340 e. The number of fused-ring (bicyclic) bond motifs is 1. The van der Waals surface area contributed by atoms with Crippen LogP contribution in [0, 0.1) is 6.92 Å². The van der Waals surface area contributed by atoms with E-state index in [0.29, 0.717) is 12.2 Å². The highest BCUT2D eigenvalue weighted by atomic mass is 16.5. The third kappa shape index (κ3) is 2.81. The topological polar surface area (TPSA) is 57.0 Å². The van der Waals surface area contributed by atoms with Crippen LogP contribution in [0.1, 0.15) is 28.5 Å². The molecule has 0 aliphatic carbocycles. The zero-order valence-corrected chi connectivity index (χ0v) is 12.3. The number of hydrogen-bond donors (Lipinski definition) is 0. The molecule has 0 fully saturated rings. The summed E-state index contributed by atoms with van der Waals surface area (Å²) >= 11 is 0. The van der Waals surface area contributed by atoms with E-state index in [9.17, 15) is 9.59 Å². The van der Waals surface area contributed by atoms with Crippen LogP contribution in [-0.2, 0) is 14.3 Å². The quantitative estimate of drug-likeness (QED) is 0.640. The average molecular weight is 287 g/mol. The number of nitrogens with zero attached hydrogens (tertiary/aromatic N) is 1. The van der Waals surface area contributed by atoms with Crippen LogP contribution in [0.15, 0.2) is 30.5 Å². The van der Waals surface area contributed by atoms with E-state index in [-0.39, 0.29) is 0 Å². The van der Waals surface area contributed by atoms with E-state index in [0.717, 1.165) is 16.8 Å². The molecule has 5 heteroatoms. The van der Waals surface area contributed by atoms with Gasteiger partial charge in [0.2, 0.25) is 0 Å². The van der Waals surface area contributed by atoms with Crippen molar-refractivity contribution in [1.82, 2.24) is 4.40 Å². The lowest BCUT2D eigenvalue weighted by atomic mass is 10.1. The Morgan fingerprint density at radius 2 is 2.10 bits per heavy atom. The monoisotopic (exact) mass is 287 g/mol. The van der Waals surface area contributed by atoms with Crippen LogP contribution in [-0.4, -0.2) is 30.1 Å². The summed E-state index contributed by atoms with van der Waals surface area (Å²) in [5, 5.41) is 0. The lowest BCUT2D eigenvalue weighted by Crippen LogP contribution is -2.02. The fourth-order valence-corrected chi connectivity index (χ4v) is 2.26. The van der Waals surface area contributed by atoms with Gasteiger partial charge >= 0.3 is 11.9 Å². The molecule has 5 nitrogen and oxygen atoms in total. The van der Waals surface area contributed by atoms with Gasteiger partial charge in [0.1, 0.15) is 0 Å². The highest BCUT2D eigenvalue weighted by Crippen LogP contribution is 2.25. The van der Waals surface area contributed by atoms with Crippen molar-refractivity contribution in [2.24, 2.45) is 0 Å². The Hall–Kier alpha value is -2.56. The lowest BCUT2D eigenvalue weighted by Gasteiger charge is -1.98. The first-order chi connectivity index (χ1) is 10.1. The fourth-order valence-electron chi connectivity index (χ4n) is 2.26. The molecule has 0 aromatic carbocycles. The first-order valence-electron chi connectivity index (χ1n) is 6.63. The maximum Gasteiger partial charge on any atom is 0.340 e. The minimum atomic E-state index is -0.414. The van der Waals surface area contributed by atoms with Crippen molar-refractivity contribution in [3.63, 3.8) is 0 Å². The van der Waals surface area contributed by atoms with Crippen molar-refractivity contribution in [3.05, 3.63) is 47.3 Å². The van der Waals surface area contributed by atoms with E-state index in [1.807, 2.05) is 35.7 Å². The van der Waals surface area contributed by atoms with E-state index >= 15 is 0 Å². The Morgan fingerprint density at radius 3 is 2.76 bits per heavy atom. The lowest BCUT2D eigenvalue weighted by molar-refractivity contribution is -0.137. The predicted octanol–water partition coefficient (Wildman–Crippen LogP) is 2.61. The summed E-state index contributed by atoms with van der Waals surface area (Å²) in [5.41, 5.74) is 2.75. The van der Waals surface area contributed by atoms with Crippen LogP contribution >= 0.6 is 0 Å². The number of rotatable bonds is 4. The van der Waals surface area contributed by atoms with Crippen LogP contribution in [0.2, 0.25) is 0 Å². The van der Waals surface area contributed by atoms with E-state index in [2.05, 4.69) is 0 Å². The van der Waals surface area contributed by atoms with Gasteiger partial charge in [0.05, 0.1) is 24.8 Å². The summed E-state index contributed by atoms with van der Waals surface area (Å²) in [4.78, 5) is 23.4. The summed E-state index contributed by atoms with van der Waals surface area (Å²) in [6, 6.07) is 5.54. The minimum absolute atomic E-state index is 0.324. The number of pyridine rings is 1. The van der Waals surface area contributed by atoms with E-state index < -0.39 is 11.9 Å². The molecule has 0 amide bonds. The van der Waals surface area contributed by atoms with Gasteiger partial charge in [-0.05, 0) is 37.6 Å². The molecular formula is C16H17NO4. The SMILES string of the molecule is CCOC(=O)/C=C/c1c(C)c(C(=O)OC)c2ccccn12. The van der Waals surface area contributed by atoms with Crippen LogP contribution < -0.4 is 0 Å². The first kappa shape index (κ1) is 14.8. The molecule has 0 aliphatic heterocycles. The molecule has 0 spiro atoms. The number of hydrogen-bond acceptors (Lipinski definition) is 4. The number of methoxy groups -OCH3 is 1. The van der Waals surface area contributed by atoms with Gasteiger partial charge < -0.3 is 13.9 Å². The molecule has 2 aromatic heterocycles. The first-order valence-corrected chi connectivity index (χ1v) is 6.63. The minimum Gasteiger partial charge on any atom is -0.465 e. The summed E-state index contributed by atoms with van der Waals surface area (Å²) in [5.74, 6) is -0.811. The van der Waals surface area contributed by atoms with Crippen molar-refractivity contribution < 1.29 is 19.1 Å². The van der Waals surface area contributed by atoms with E-state index in [4.69, 9.17) is 9.47 Å². The molecule has 2 aromatic rings. The Morgan fingerprint density at radius 1 is 1.33 bits per heavy atom. The highest BCUT2D eigenvalue weighted by molar-refractivity contribution is 6.00. The molecule has 0 radical (unpaired) electrons. The maximum atomic E-state index is 12.0. The molecule has 0 saturated carbocycles. The van der Waals surface area contributed by atoms with Crippen LogP contribution in [0.25, 0.3) is 11.6 Å². The summed E-state index contributed by atoms with van der Waals surface area (Å²) in [6.45, 7) is 3.90. The molecule has 0 bridgehead atoms. The Bertz CT molecular complexity index is 712. The van der Waals surface area contributed by atoms with Crippen LogP contribution in [0.5, 0.6) is 0 Å². The van der Waals surface area contributed by atoms with Crippen molar-refractivity contribution >= 4 is 23.5 Å². The highest BCUT2D eigenvalue weighted by Gasteiger charge is 2.19. The number of ether oxygens (including phenoxy) is 2. The van der Waals surface area contributed by atoms with Gasteiger partial charge in [0.25, 0.3) is 0 Å². The summed E-state index contributed by atoms with van der Waals surface area (Å²) in [7, 11) is 1.35. The van der Waals surface area contributed by atoms with Crippen LogP contribution in [0.4, 0.5) is 0 Å². The van der Waals surface area contributed by atoms with Gasteiger partial charge in [-0.2, -0.15) is 0 Å². The second-order valence-electron chi connectivity index (χ2n) is 4.42. The molecule has 0 aliphatic rings. The van der Waals surface area contributed by atoms with E-state index in [1.54, 1.807) is 13.0 Å². The number of esters is 2. The van der Waals surface area contributed by atoms with Gasteiger partial charge in [0, 0.05) is 18.0 Å². The second kappa shape index (κ2) is 6.26. The molecule has 21 heavy (non-hydrogen) atoms. The Balaban J connectivity index is 2.56. The molecule has 0 unspecified atom stereocenters. The normalized spacial score (nSPS) is 11.0. The zero-order valence-electron chi connectivity index (χ0n) is 12.3. The molecule has 110 valence electrons. The van der Waals surface area contributed by atoms with Crippen molar-refractivity contribution in [1.29, 1.82) is 0 Å². The Labute approximate surface area is 122 Å². The standard InChI is InChI=1S/C16H17NO4/c1-4-21-14(18)9-8-12-11(2)15(16(19)20-3)13-7-5-6-10-17(12)13/h5-10H,4H2,1-3H3/b9-8+. The molecule has 2 rings (SSSR count). The average Bonchev–Trinajstić information content (AvgIpc) is 2.76. The van der Waals surface area contributed by atoms with Gasteiger partial charge in [-0.1, -0.05) is 6.07 Å². The molecule has 0 N–H and O–H groups in total. The van der Waals surface area contributed by atoms with Gasteiger partial charge in [-0.25, -0.2) is 9.59 Å². The largest absolute Gasteiger partial charge is 0.465 e. The van der Waals surface area contributed by atoms with Crippen molar-refractivity contribution in [3.8, 4) is 0 Å². The van der Waals surface area contributed by atoms with Gasteiger partial charge in [0.15, 0.2) is 0 Å². The van der Waals surface area contributed by atoms with Gasteiger partial charge in [-0.15, -0.1) is 0 Å². The summed E-state index contributed by atoms with van der Waals surface area (Å²) in [6.07, 6.45) is 4.83.